The second-order valence-corrected chi connectivity index (χ2v) is 3.28. The molecule has 0 amide bonds. The molecule has 0 aliphatic carbocycles. The number of esters is 1. The lowest BCUT2D eigenvalue weighted by Gasteiger charge is -2.26. The molecule has 0 spiro atoms. The van der Waals surface area contributed by atoms with Crippen molar-refractivity contribution in [1.29, 1.82) is 0 Å². The van der Waals surface area contributed by atoms with E-state index in [1.807, 2.05) is 0 Å². The van der Waals surface area contributed by atoms with E-state index in [0.717, 1.165) is 6.92 Å². The smallest absolute Gasteiger partial charge is 0.390 e. The van der Waals surface area contributed by atoms with E-state index < -0.39 is 24.0 Å². The molecule has 0 bridgehead atoms. The van der Waals surface area contributed by atoms with E-state index in [9.17, 15) is 18.0 Å². The summed E-state index contributed by atoms with van der Waals surface area (Å²) >= 11 is 0. The Labute approximate surface area is 80.4 Å². The normalized spacial score (nSPS) is 16.1. The number of carbonyl (C=O) groups excluding carboxylic acids is 1. The minimum absolute atomic E-state index is 0.0479. The summed E-state index contributed by atoms with van der Waals surface area (Å²) in [6.45, 7) is 2.35. The van der Waals surface area contributed by atoms with Gasteiger partial charge in [-0.2, -0.15) is 13.2 Å². The molecule has 1 atom stereocenters. The Balaban J connectivity index is 4.54. The van der Waals surface area contributed by atoms with Crippen LogP contribution in [-0.2, 0) is 9.53 Å². The lowest BCUT2D eigenvalue weighted by Crippen LogP contribution is -2.41. The number of ether oxygens (including phenoxy) is 1. The van der Waals surface area contributed by atoms with Crippen molar-refractivity contribution in [2.24, 2.45) is 11.1 Å². The number of halogens is 3. The molecule has 1 unspecified atom stereocenters. The molecule has 3 nitrogen and oxygen atoms in total. The van der Waals surface area contributed by atoms with Crippen molar-refractivity contribution >= 4 is 5.97 Å². The van der Waals surface area contributed by atoms with Crippen LogP contribution in [0.1, 0.15) is 20.3 Å². The van der Waals surface area contributed by atoms with Crippen LogP contribution < -0.4 is 5.73 Å². The van der Waals surface area contributed by atoms with Crippen LogP contribution in [0.2, 0.25) is 0 Å². The van der Waals surface area contributed by atoms with Gasteiger partial charge >= 0.3 is 12.1 Å². The number of nitrogens with two attached hydrogens (primary N) is 1. The number of rotatable bonds is 4. The van der Waals surface area contributed by atoms with Gasteiger partial charge in [-0.05, 0) is 13.8 Å². The van der Waals surface area contributed by atoms with Crippen LogP contribution in [0.5, 0.6) is 0 Å². The van der Waals surface area contributed by atoms with E-state index in [1.54, 1.807) is 0 Å². The maximum absolute atomic E-state index is 12.1. The van der Waals surface area contributed by atoms with E-state index in [-0.39, 0.29) is 13.2 Å². The Kier molecular flexibility index (Phi) is 4.38. The number of alkyl halides is 3. The minimum atomic E-state index is -4.42. The van der Waals surface area contributed by atoms with E-state index in [2.05, 4.69) is 4.74 Å². The van der Waals surface area contributed by atoms with Crippen LogP contribution in [-0.4, -0.2) is 25.3 Å². The van der Waals surface area contributed by atoms with Crippen molar-refractivity contribution < 1.29 is 22.7 Å². The highest BCUT2D eigenvalue weighted by molar-refractivity contribution is 5.76. The molecular weight excluding hydrogens is 199 g/mol. The zero-order valence-electron chi connectivity index (χ0n) is 8.15. The molecule has 0 saturated carbocycles. The number of hydrogen-bond donors (Lipinski definition) is 1. The van der Waals surface area contributed by atoms with Gasteiger partial charge in [-0.15, -0.1) is 0 Å². The maximum Gasteiger partial charge on any atom is 0.390 e. The highest BCUT2D eigenvalue weighted by Gasteiger charge is 2.44. The Morgan fingerprint density at radius 3 is 2.21 bits per heavy atom. The average Bonchev–Trinajstić information content (AvgIpc) is 2.01. The van der Waals surface area contributed by atoms with Crippen LogP contribution in [0.15, 0.2) is 0 Å². The molecule has 6 heteroatoms. The van der Waals surface area contributed by atoms with Crippen molar-refractivity contribution in [3.05, 3.63) is 0 Å². The monoisotopic (exact) mass is 213 g/mol. The first kappa shape index (κ1) is 13.2. The molecule has 0 aliphatic heterocycles. The maximum atomic E-state index is 12.1. The molecule has 84 valence electrons. The fourth-order valence-corrected chi connectivity index (χ4v) is 0.975. The summed E-state index contributed by atoms with van der Waals surface area (Å²) in [6, 6.07) is 0. The molecule has 0 aromatic heterocycles. The van der Waals surface area contributed by atoms with Crippen LogP contribution in [0, 0.1) is 5.41 Å². The van der Waals surface area contributed by atoms with Crippen molar-refractivity contribution in [2.75, 3.05) is 13.2 Å². The zero-order chi connectivity index (χ0) is 11.4. The molecule has 0 aromatic carbocycles. The Bertz CT molecular complexity index is 205. The first-order chi connectivity index (χ1) is 6.25. The van der Waals surface area contributed by atoms with E-state index in [4.69, 9.17) is 5.73 Å². The van der Waals surface area contributed by atoms with Crippen LogP contribution in [0.4, 0.5) is 13.2 Å². The van der Waals surface area contributed by atoms with Gasteiger partial charge in [-0.3, -0.25) is 4.79 Å². The summed E-state index contributed by atoms with van der Waals surface area (Å²) in [5.41, 5.74) is 3.47. The summed E-state index contributed by atoms with van der Waals surface area (Å²) in [6.07, 6.45) is -5.67. The molecule has 0 aromatic rings. The summed E-state index contributed by atoms with van der Waals surface area (Å²) in [4.78, 5) is 11.2. The van der Waals surface area contributed by atoms with Gasteiger partial charge in [-0.25, -0.2) is 0 Å². The van der Waals surface area contributed by atoms with Crippen molar-refractivity contribution in [1.82, 2.24) is 0 Å². The van der Waals surface area contributed by atoms with Gasteiger partial charge in [-0.1, -0.05) is 0 Å². The summed E-state index contributed by atoms with van der Waals surface area (Å²) in [7, 11) is 0. The third-order valence-corrected chi connectivity index (χ3v) is 1.81. The van der Waals surface area contributed by atoms with Gasteiger partial charge in [0.2, 0.25) is 0 Å². The van der Waals surface area contributed by atoms with Gasteiger partial charge < -0.3 is 10.5 Å². The average molecular weight is 213 g/mol. The van der Waals surface area contributed by atoms with Crippen LogP contribution in [0.25, 0.3) is 0 Å². The van der Waals surface area contributed by atoms with Crippen LogP contribution in [0.3, 0.4) is 0 Å². The standard InChI is InChI=1S/C8H14F3NO2/c1-3-14-6(13)7(2,5-12)4-8(9,10)11/h3-5,12H2,1-2H3. The molecule has 0 aliphatic rings. The van der Waals surface area contributed by atoms with Gasteiger partial charge in [0.1, 0.15) is 0 Å². The summed E-state index contributed by atoms with van der Waals surface area (Å²) in [5, 5.41) is 0. The molecule has 0 fully saturated rings. The Hall–Kier alpha value is -0.780. The van der Waals surface area contributed by atoms with E-state index in [1.165, 1.54) is 6.92 Å². The van der Waals surface area contributed by atoms with Crippen molar-refractivity contribution in [2.45, 2.75) is 26.4 Å². The highest BCUT2D eigenvalue weighted by Crippen LogP contribution is 2.33. The summed E-state index contributed by atoms with van der Waals surface area (Å²) in [5.74, 6) is -0.903. The molecule has 0 heterocycles. The lowest BCUT2D eigenvalue weighted by atomic mass is 9.87. The predicted molar refractivity (Wildman–Crippen MR) is 44.5 cm³/mol. The van der Waals surface area contributed by atoms with Crippen molar-refractivity contribution in [3.63, 3.8) is 0 Å². The Morgan fingerprint density at radius 2 is 1.93 bits per heavy atom. The van der Waals surface area contributed by atoms with E-state index in [0.29, 0.717) is 0 Å². The predicted octanol–water partition coefficient (Wildman–Crippen LogP) is 1.47. The third-order valence-electron chi connectivity index (χ3n) is 1.81. The second kappa shape index (κ2) is 4.63. The molecule has 14 heavy (non-hydrogen) atoms. The SMILES string of the molecule is CCOC(=O)C(C)(CN)CC(F)(F)F. The first-order valence-electron chi connectivity index (χ1n) is 4.19. The fraction of sp³-hybridized carbons (Fsp3) is 0.875. The topological polar surface area (TPSA) is 52.3 Å². The lowest BCUT2D eigenvalue weighted by molar-refractivity contribution is -0.179. The highest BCUT2D eigenvalue weighted by atomic mass is 19.4. The minimum Gasteiger partial charge on any atom is -0.466 e. The quantitative estimate of drug-likeness (QED) is 0.719. The largest absolute Gasteiger partial charge is 0.466 e. The number of carbonyl (C=O) groups is 1. The van der Waals surface area contributed by atoms with Crippen molar-refractivity contribution in [3.8, 4) is 0 Å². The van der Waals surface area contributed by atoms with Gasteiger partial charge in [0.25, 0.3) is 0 Å². The molecule has 2 N–H and O–H groups in total. The molecule has 0 radical (unpaired) electrons. The second-order valence-electron chi connectivity index (χ2n) is 3.28. The number of hydrogen-bond acceptors (Lipinski definition) is 3. The molecule has 0 saturated heterocycles. The van der Waals surface area contributed by atoms with Gasteiger partial charge in [0, 0.05) is 6.54 Å². The van der Waals surface area contributed by atoms with Gasteiger partial charge in [0.05, 0.1) is 18.4 Å². The molecular formula is C8H14F3NO2. The fourth-order valence-electron chi connectivity index (χ4n) is 0.975. The van der Waals surface area contributed by atoms with E-state index >= 15 is 0 Å². The van der Waals surface area contributed by atoms with Crippen LogP contribution >= 0.6 is 0 Å². The first-order valence-corrected chi connectivity index (χ1v) is 4.19. The Morgan fingerprint density at radius 1 is 1.43 bits per heavy atom. The zero-order valence-corrected chi connectivity index (χ0v) is 8.15. The van der Waals surface area contributed by atoms with Gasteiger partial charge in [0.15, 0.2) is 0 Å². The third kappa shape index (κ3) is 3.95. The molecule has 0 rings (SSSR count). The summed E-state index contributed by atoms with van der Waals surface area (Å²) < 4.78 is 40.8.